The van der Waals surface area contributed by atoms with Gasteiger partial charge in [-0.1, -0.05) is 13.8 Å². The molecular formula is C10H18N2O3. The molecule has 0 radical (unpaired) electrons. The van der Waals surface area contributed by atoms with E-state index in [0.29, 0.717) is 25.7 Å². The third kappa shape index (κ3) is 3.87. The third-order valence-corrected chi connectivity index (χ3v) is 2.43. The number of carbonyl (C=O) groups excluding carboxylic acids is 1. The summed E-state index contributed by atoms with van der Waals surface area (Å²) >= 11 is 0. The summed E-state index contributed by atoms with van der Waals surface area (Å²) in [4.78, 5) is 23.6. The lowest BCUT2D eigenvalue weighted by molar-refractivity contribution is -0.144. The quantitative estimate of drug-likeness (QED) is 0.671. The molecule has 5 heteroatoms. The Bertz CT molecular complexity index is 247. The highest BCUT2D eigenvalue weighted by Crippen LogP contribution is 2.18. The van der Waals surface area contributed by atoms with Gasteiger partial charge < -0.3 is 15.3 Å². The molecule has 0 aromatic rings. The fraction of sp³-hybridized carbons (Fsp3) is 0.800. The number of aliphatic carboxylic acids is 1. The van der Waals surface area contributed by atoms with Gasteiger partial charge in [0.15, 0.2) is 0 Å². The van der Waals surface area contributed by atoms with Gasteiger partial charge in [0.05, 0.1) is 13.0 Å². The summed E-state index contributed by atoms with van der Waals surface area (Å²) in [6, 6.07) is 0.296. The Morgan fingerprint density at radius 2 is 2.07 bits per heavy atom. The lowest BCUT2D eigenvalue weighted by atomic mass is 9.96. The number of carboxylic acids is 1. The van der Waals surface area contributed by atoms with E-state index in [1.807, 2.05) is 13.8 Å². The molecule has 0 unspecified atom stereocenters. The molecule has 0 saturated carbocycles. The molecule has 2 N–H and O–H groups in total. The number of rotatable bonds is 5. The first kappa shape index (κ1) is 12.0. The zero-order chi connectivity index (χ0) is 11.4. The van der Waals surface area contributed by atoms with Crippen LogP contribution in [0.1, 0.15) is 20.3 Å². The Kier molecular flexibility index (Phi) is 4.08. The molecule has 1 amide bonds. The summed E-state index contributed by atoms with van der Waals surface area (Å²) in [7, 11) is 0. The molecule has 1 aliphatic rings. The van der Waals surface area contributed by atoms with Crippen molar-refractivity contribution in [1.82, 2.24) is 10.2 Å². The second-order valence-electron chi connectivity index (χ2n) is 4.30. The van der Waals surface area contributed by atoms with Crippen molar-refractivity contribution >= 4 is 11.9 Å². The molecule has 86 valence electrons. The van der Waals surface area contributed by atoms with Crippen LogP contribution in [0.25, 0.3) is 0 Å². The minimum absolute atomic E-state index is 0.0605. The number of hydrogen-bond donors (Lipinski definition) is 2. The van der Waals surface area contributed by atoms with Crippen LogP contribution in [0.2, 0.25) is 0 Å². The summed E-state index contributed by atoms with van der Waals surface area (Å²) in [5.74, 6) is -0.580. The largest absolute Gasteiger partial charge is 0.481 e. The standard InChI is InChI=1S/C10H18N2O3/c1-7(2)11-4-9(13)12-5-8(6-12)3-10(14)15/h7-8,11H,3-6H2,1-2H3,(H,14,15). The van der Waals surface area contributed by atoms with Gasteiger partial charge in [-0.15, -0.1) is 0 Å². The normalized spacial score (nSPS) is 16.6. The van der Waals surface area contributed by atoms with Gasteiger partial charge in [0.1, 0.15) is 0 Å². The van der Waals surface area contributed by atoms with E-state index >= 15 is 0 Å². The molecule has 1 rings (SSSR count). The van der Waals surface area contributed by atoms with Crippen molar-refractivity contribution in [3.05, 3.63) is 0 Å². The van der Waals surface area contributed by atoms with E-state index in [1.54, 1.807) is 4.90 Å². The Labute approximate surface area is 89.4 Å². The van der Waals surface area contributed by atoms with Crippen LogP contribution in [0.3, 0.4) is 0 Å². The maximum atomic E-state index is 11.5. The van der Waals surface area contributed by atoms with Crippen molar-refractivity contribution in [2.75, 3.05) is 19.6 Å². The highest BCUT2D eigenvalue weighted by molar-refractivity contribution is 5.79. The van der Waals surface area contributed by atoms with Gasteiger partial charge in [-0.2, -0.15) is 0 Å². The fourth-order valence-electron chi connectivity index (χ4n) is 1.55. The number of nitrogens with one attached hydrogen (secondary N) is 1. The van der Waals surface area contributed by atoms with E-state index in [1.165, 1.54) is 0 Å². The first-order valence-corrected chi connectivity index (χ1v) is 5.22. The lowest BCUT2D eigenvalue weighted by Crippen LogP contribution is -2.53. The van der Waals surface area contributed by atoms with Crippen LogP contribution < -0.4 is 5.32 Å². The topological polar surface area (TPSA) is 69.6 Å². The number of likely N-dealkylation sites (tertiary alicyclic amines) is 1. The molecule has 0 aliphatic carbocycles. The molecule has 1 aliphatic heterocycles. The van der Waals surface area contributed by atoms with E-state index in [2.05, 4.69) is 5.32 Å². The van der Waals surface area contributed by atoms with E-state index in [4.69, 9.17) is 5.11 Å². The Balaban J connectivity index is 2.15. The predicted molar refractivity (Wildman–Crippen MR) is 55.5 cm³/mol. The number of carbonyl (C=O) groups is 2. The van der Waals surface area contributed by atoms with E-state index < -0.39 is 5.97 Å². The predicted octanol–water partition coefficient (Wildman–Crippen LogP) is -0.0825. The van der Waals surface area contributed by atoms with Crippen molar-refractivity contribution in [1.29, 1.82) is 0 Å². The van der Waals surface area contributed by atoms with Crippen LogP contribution in [0, 0.1) is 5.92 Å². The second kappa shape index (κ2) is 5.11. The Morgan fingerprint density at radius 3 is 2.53 bits per heavy atom. The average Bonchev–Trinajstić information content (AvgIpc) is 2.06. The molecule has 1 saturated heterocycles. The van der Waals surface area contributed by atoms with Crippen molar-refractivity contribution < 1.29 is 14.7 Å². The van der Waals surface area contributed by atoms with E-state index in [0.717, 1.165) is 0 Å². The number of amides is 1. The van der Waals surface area contributed by atoms with Crippen LogP contribution in [0.4, 0.5) is 0 Å². The van der Waals surface area contributed by atoms with Crippen molar-refractivity contribution in [2.24, 2.45) is 5.92 Å². The van der Waals surface area contributed by atoms with Crippen LogP contribution in [-0.4, -0.2) is 47.6 Å². The van der Waals surface area contributed by atoms with E-state index in [9.17, 15) is 9.59 Å². The van der Waals surface area contributed by atoms with Gasteiger partial charge in [-0.05, 0) is 0 Å². The molecule has 0 aromatic carbocycles. The van der Waals surface area contributed by atoms with Gasteiger partial charge in [-0.25, -0.2) is 0 Å². The second-order valence-corrected chi connectivity index (χ2v) is 4.30. The molecule has 0 aromatic heterocycles. The molecule has 15 heavy (non-hydrogen) atoms. The summed E-state index contributed by atoms with van der Waals surface area (Å²) in [5.41, 5.74) is 0. The summed E-state index contributed by atoms with van der Waals surface area (Å²) in [6.45, 7) is 5.49. The van der Waals surface area contributed by atoms with Crippen molar-refractivity contribution in [3.8, 4) is 0 Å². The third-order valence-electron chi connectivity index (χ3n) is 2.43. The first-order valence-electron chi connectivity index (χ1n) is 5.22. The fourth-order valence-corrected chi connectivity index (χ4v) is 1.55. The first-order chi connectivity index (χ1) is 6.99. The molecule has 1 fully saturated rings. The average molecular weight is 214 g/mol. The molecule has 0 spiro atoms. The maximum Gasteiger partial charge on any atom is 0.303 e. The summed E-state index contributed by atoms with van der Waals surface area (Å²) < 4.78 is 0. The molecule has 5 nitrogen and oxygen atoms in total. The van der Waals surface area contributed by atoms with Gasteiger partial charge in [-0.3, -0.25) is 9.59 Å². The van der Waals surface area contributed by atoms with Crippen LogP contribution in [0.5, 0.6) is 0 Å². The smallest absolute Gasteiger partial charge is 0.303 e. The monoisotopic (exact) mass is 214 g/mol. The zero-order valence-corrected chi connectivity index (χ0v) is 9.19. The van der Waals surface area contributed by atoms with Crippen LogP contribution in [0.15, 0.2) is 0 Å². The highest BCUT2D eigenvalue weighted by atomic mass is 16.4. The molecule has 0 bridgehead atoms. The van der Waals surface area contributed by atoms with E-state index in [-0.39, 0.29) is 18.2 Å². The minimum Gasteiger partial charge on any atom is -0.481 e. The van der Waals surface area contributed by atoms with Crippen LogP contribution >= 0.6 is 0 Å². The molecule has 0 atom stereocenters. The Morgan fingerprint density at radius 1 is 1.47 bits per heavy atom. The SMILES string of the molecule is CC(C)NCC(=O)N1CC(CC(=O)O)C1. The number of nitrogens with zero attached hydrogens (tertiary/aromatic N) is 1. The lowest BCUT2D eigenvalue weighted by Gasteiger charge is -2.38. The van der Waals surface area contributed by atoms with Gasteiger partial charge in [0.25, 0.3) is 0 Å². The van der Waals surface area contributed by atoms with Gasteiger partial charge in [0, 0.05) is 25.0 Å². The Hall–Kier alpha value is -1.10. The van der Waals surface area contributed by atoms with Crippen LogP contribution in [-0.2, 0) is 9.59 Å². The number of carboxylic acid groups (broad SMARTS) is 1. The molecular weight excluding hydrogens is 196 g/mol. The maximum absolute atomic E-state index is 11.5. The van der Waals surface area contributed by atoms with Crippen molar-refractivity contribution in [2.45, 2.75) is 26.3 Å². The zero-order valence-electron chi connectivity index (χ0n) is 9.19. The summed E-state index contributed by atoms with van der Waals surface area (Å²) in [6.07, 6.45) is 0.168. The van der Waals surface area contributed by atoms with Gasteiger partial charge in [0.2, 0.25) is 5.91 Å². The summed E-state index contributed by atoms with van der Waals surface area (Å²) in [5, 5.41) is 11.6. The van der Waals surface area contributed by atoms with Crippen molar-refractivity contribution in [3.63, 3.8) is 0 Å². The van der Waals surface area contributed by atoms with Gasteiger partial charge >= 0.3 is 5.97 Å². The number of hydrogen-bond acceptors (Lipinski definition) is 3. The molecule has 1 heterocycles. The highest BCUT2D eigenvalue weighted by Gasteiger charge is 2.31. The minimum atomic E-state index is -0.785.